The van der Waals surface area contributed by atoms with E-state index in [4.69, 9.17) is 9.47 Å². The van der Waals surface area contributed by atoms with Gasteiger partial charge in [-0.25, -0.2) is 9.59 Å². The second-order valence-electron chi connectivity index (χ2n) is 28.6. The number of likely N-dealkylation sites (N-methyl/N-ethyl adjacent to an activating group) is 2. The summed E-state index contributed by atoms with van der Waals surface area (Å²) in [6.07, 6.45) is 8.69. The smallest absolute Gasteiger partial charge is 0.410 e. The Morgan fingerprint density at radius 1 is 0.560 bits per heavy atom. The van der Waals surface area contributed by atoms with E-state index in [1.807, 2.05) is 57.2 Å². The number of carbonyl (C=O) groups is 10. The molecule has 2 aliphatic heterocycles. The Morgan fingerprint density at radius 2 is 0.945 bits per heavy atom. The van der Waals surface area contributed by atoms with E-state index in [1.54, 1.807) is 55.4 Å². The van der Waals surface area contributed by atoms with Crippen LogP contribution in [0.3, 0.4) is 0 Å². The number of amides is 10. The molecule has 0 radical (unpaired) electrons. The summed E-state index contributed by atoms with van der Waals surface area (Å²) in [6, 6.07) is 8.08. The third-order valence-electron chi connectivity index (χ3n) is 17.6. The Labute approximate surface area is 539 Å². The number of likely N-dealkylation sites (tertiary alicyclic amines) is 2. The molecule has 1 unspecified atom stereocenters. The van der Waals surface area contributed by atoms with E-state index in [0.29, 0.717) is 18.4 Å². The predicted octanol–water partition coefficient (Wildman–Crippen LogP) is 7.77. The first kappa shape index (κ1) is 72.5. The average molecular weight is 1270 g/mol. The van der Waals surface area contributed by atoms with Crippen LogP contribution in [0.1, 0.15) is 207 Å². The maximum Gasteiger partial charge on any atom is 0.410 e. The minimum absolute atomic E-state index is 0.0161. The van der Waals surface area contributed by atoms with E-state index in [1.165, 1.54) is 35.7 Å². The monoisotopic (exact) mass is 1260 g/mol. The SMILES string of the molecule is C=C(C)[C@H](NC(=O)[C@H](C)N(C)C(=O)OC(C)(C)C)C(=O)N1C[C@@H](NC(=O)CCCCCCCCC(=O)N[C@H]2CC(C(=O)N[C@@H]3CCCc4ccccc43)N(C(=O)[C@@H](NC(=O)[C@H](C)N(C)C(=O)OC(C)(C)C)C(C)(C)C)C2)C[C@H]1C(=O)N[C@@H]1CCCc2ccccc21. The quantitative estimate of drug-likeness (QED) is 0.0435. The zero-order valence-electron chi connectivity index (χ0n) is 56.5. The number of hydrogen-bond acceptors (Lipinski definition) is 12. The second kappa shape index (κ2) is 31.7. The van der Waals surface area contributed by atoms with Gasteiger partial charge in [0.25, 0.3) is 0 Å². The van der Waals surface area contributed by atoms with Crippen LogP contribution in [0.2, 0.25) is 0 Å². The summed E-state index contributed by atoms with van der Waals surface area (Å²) in [5, 5.41) is 18.2. The Morgan fingerprint density at radius 3 is 1.34 bits per heavy atom. The standard InChI is InChI=1S/C69H104N10O12/c1-42(2)57(74-59(82)43(3)76(14)65(88)90-68(8,9)10)63(86)78-40-47(38-53(78)61(84)72-51-34-26-30-45-28-22-24-32-49(45)51)70-55(80)36-20-18-16-17-19-21-37-56(81)71-48-39-54(62(85)73-52-35-27-31-46-29-23-25-33-50(46)52)79(41-48)64(87)58(67(5,6)7)75-60(83)44(4)77(15)66(89)91-69(11,12)13/h22-25,28-29,32-33,43-44,47-48,51-54,57-58H,1,16-21,26-27,30-31,34-41H2,2-15H3,(H,70,80)(H,71,81)(H,72,84)(H,73,85)(H,74,82)(H,75,83)/t43-,44-,47-,48-,51+,52+,53-,54?,57-,58+/m0/s1. The van der Waals surface area contributed by atoms with Crippen molar-refractivity contribution in [1.82, 2.24) is 51.5 Å². The number of fused-ring (bicyclic) bond motifs is 2. The highest BCUT2D eigenvalue weighted by molar-refractivity contribution is 5.97. The molecule has 10 amide bonds. The minimum atomic E-state index is -1.24. The van der Waals surface area contributed by atoms with Gasteiger partial charge in [0.15, 0.2) is 0 Å². The topological polar surface area (TPSA) is 274 Å². The molecule has 10 atom stereocenters. The van der Waals surface area contributed by atoms with Gasteiger partial charge < -0.3 is 51.2 Å². The Hall–Kier alpha value is -7.52. The fraction of sp³-hybridized carbons (Fsp3) is 0.652. The van der Waals surface area contributed by atoms with Crippen molar-refractivity contribution in [1.29, 1.82) is 0 Å². The molecule has 91 heavy (non-hydrogen) atoms. The molecule has 2 heterocycles. The van der Waals surface area contributed by atoms with Gasteiger partial charge in [-0.1, -0.05) is 102 Å². The molecule has 2 saturated heterocycles. The highest BCUT2D eigenvalue weighted by Crippen LogP contribution is 2.34. The zero-order chi connectivity index (χ0) is 67.3. The molecule has 2 aliphatic carbocycles. The molecule has 22 nitrogen and oxygen atoms in total. The molecule has 2 aromatic carbocycles. The number of ether oxygens (including phenoxy) is 2. The van der Waals surface area contributed by atoms with Crippen molar-refractivity contribution in [3.63, 3.8) is 0 Å². The summed E-state index contributed by atoms with van der Waals surface area (Å²) < 4.78 is 10.9. The van der Waals surface area contributed by atoms with Crippen LogP contribution in [-0.4, -0.2) is 166 Å². The van der Waals surface area contributed by atoms with Crippen LogP contribution in [0.4, 0.5) is 9.59 Å². The van der Waals surface area contributed by atoms with E-state index in [2.05, 4.69) is 50.6 Å². The van der Waals surface area contributed by atoms with Crippen molar-refractivity contribution in [2.24, 2.45) is 5.41 Å². The summed E-state index contributed by atoms with van der Waals surface area (Å²) in [5.41, 5.74) is 2.28. The van der Waals surface area contributed by atoms with E-state index in [0.717, 1.165) is 91.4 Å². The fourth-order valence-corrected chi connectivity index (χ4v) is 12.3. The summed E-state index contributed by atoms with van der Waals surface area (Å²) >= 11 is 0. The van der Waals surface area contributed by atoms with Crippen molar-refractivity contribution >= 4 is 59.4 Å². The Bertz CT molecular complexity index is 2970. The van der Waals surface area contributed by atoms with Gasteiger partial charge in [-0.2, -0.15) is 0 Å². The lowest BCUT2D eigenvalue weighted by Crippen LogP contribution is -2.60. The number of nitrogens with zero attached hydrogens (tertiary/aromatic N) is 4. The first-order chi connectivity index (χ1) is 42.6. The van der Waals surface area contributed by atoms with Crippen molar-refractivity contribution in [3.8, 4) is 0 Å². The first-order valence-corrected chi connectivity index (χ1v) is 32.8. The van der Waals surface area contributed by atoms with Gasteiger partial charge in [-0.3, -0.25) is 48.2 Å². The highest BCUT2D eigenvalue weighted by atomic mass is 16.6. The number of unbranched alkanes of at least 4 members (excludes halogenated alkanes) is 5. The normalized spacial score (nSPS) is 21.0. The van der Waals surface area contributed by atoms with Gasteiger partial charge in [-0.05, 0) is 160 Å². The molecule has 2 aromatic rings. The van der Waals surface area contributed by atoms with Crippen LogP contribution in [0.5, 0.6) is 0 Å². The van der Waals surface area contributed by atoms with Crippen molar-refractivity contribution in [3.05, 3.63) is 82.9 Å². The molecule has 502 valence electrons. The van der Waals surface area contributed by atoms with Crippen molar-refractivity contribution in [2.45, 2.75) is 257 Å². The van der Waals surface area contributed by atoms with Gasteiger partial charge in [0.1, 0.15) is 47.5 Å². The summed E-state index contributed by atoms with van der Waals surface area (Å²) in [5.74, 6) is -3.38. The molecule has 4 aliphatic rings. The van der Waals surface area contributed by atoms with Crippen molar-refractivity contribution < 1.29 is 57.4 Å². The van der Waals surface area contributed by atoms with Crippen LogP contribution >= 0.6 is 0 Å². The molecule has 6 N–H and O–H groups in total. The van der Waals surface area contributed by atoms with Gasteiger partial charge in [0, 0.05) is 52.1 Å². The molecular formula is C69H104N10O12. The van der Waals surface area contributed by atoms with Crippen LogP contribution in [0, 0.1) is 5.41 Å². The second-order valence-corrected chi connectivity index (χ2v) is 28.6. The predicted molar refractivity (Wildman–Crippen MR) is 347 cm³/mol. The Kier molecular flexibility index (Phi) is 25.3. The van der Waals surface area contributed by atoms with Crippen LogP contribution in [0.25, 0.3) is 0 Å². The number of aryl methyl sites for hydroxylation is 2. The molecule has 0 spiro atoms. The zero-order valence-corrected chi connectivity index (χ0v) is 56.5. The summed E-state index contributed by atoms with van der Waals surface area (Å²) in [4.78, 5) is 144. The van der Waals surface area contributed by atoms with E-state index < -0.39 is 101 Å². The number of rotatable bonds is 24. The van der Waals surface area contributed by atoms with E-state index >= 15 is 0 Å². The molecule has 6 rings (SSSR count). The lowest BCUT2D eigenvalue weighted by Gasteiger charge is -2.37. The number of carbonyl (C=O) groups excluding carboxylic acids is 10. The van der Waals surface area contributed by atoms with Crippen LogP contribution in [0.15, 0.2) is 60.7 Å². The largest absolute Gasteiger partial charge is 0.444 e. The van der Waals surface area contributed by atoms with E-state index in [-0.39, 0.29) is 74.5 Å². The van der Waals surface area contributed by atoms with Gasteiger partial charge >= 0.3 is 12.2 Å². The third-order valence-corrected chi connectivity index (χ3v) is 17.6. The summed E-state index contributed by atoms with van der Waals surface area (Å²) in [7, 11) is 2.89. The molecule has 2 fully saturated rings. The number of hydrogen-bond donors (Lipinski definition) is 6. The van der Waals surface area contributed by atoms with Gasteiger partial charge in [0.2, 0.25) is 47.3 Å². The average Bonchev–Trinajstić information content (AvgIpc) is 1.77. The minimum Gasteiger partial charge on any atom is -0.444 e. The number of nitrogens with one attached hydrogen (secondary N) is 6. The van der Waals surface area contributed by atoms with E-state index in [9.17, 15) is 47.9 Å². The Balaban J connectivity index is 1.01. The van der Waals surface area contributed by atoms with Gasteiger partial charge in [-0.15, -0.1) is 0 Å². The lowest BCUT2D eigenvalue weighted by molar-refractivity contribution is -0.144. The first-order valence-electron chi connectivity index (χ1n) is 32.8. The lowest BCUT2D eigenvalue weighted by atomic mass is 9.85. The van der Waals surface area contributed by atoms with Crippen LogP contribution in [-0.2, 0) is 60.7 Å². The maximum atomic E-state index is 14.8. The fourth-order valence-electron chi connectivity index (χ4n) is 12.3. The van der Waals surface area contributed by atoms with Gasteiger partial charge in [0.05, 0.1) is 12.1 Å². The summed E-state index contributed by atoms with van der Waals surface area (Å²) in [6.45, 7) is 24.5. The maximum absolute atomic E-state index is 14.8. The number of benzene rings is 2. The molecule has 22 heteroatoms. The highest BCUT2D eigenvalue weighted by Gasteiger charge is 2.48. The molecule has 0 saturated carbocycles. The molecule has 0 aromatic heterocycles. The van der Waals surface area contributed by atoms with Crippen LogP contribution < -0.4 is 31.9 Å². The molecular weight excluding hydrogens is 1160 g/mol. The molecule has 0 bridgehead atoms. The third kappa shape index (κ3) is 20.5. The van der Waals surface area contributed by atoms with Crippen molar-refractivity contribution in [2.75, 3.05) is 27.2 Å².